The van der Waals surface area contributed by atoms with Crippen LogP contribution in [0.1, 0.15) is 36.5 Å². The van der Waals surface area contributed by atoms with E-state index in [1.54, 1.807) is 18.2 Å². The predicted molar refractivity (Wildman–Crippen MR) is 83.9 cm³/mol. The molecule has 0 aliphatic rings. The number of unbranched alkanes of at least 4 members (excludes halogenated alkanes) is 1. The topological polar surface area (TPSA) is 101 Å². The number of nitrogens with two attached hydrogens (primary N) is 1. The van der Waals surface area contributed by atoms with Crippen LogP contribution in [0.4, 0.5) is 5.69 Å². The number of carbonyl (C=O) groups excluding carboxylic acids is 3. The van der Waals surface area contributed by atoms with E-state index in [0.717, 1.165) is 0 Å². The lowest BCUT2D eigenvalue weighted by atomic mass is 10.1. The fourth-order valence-electron chi connectivity index (χ4n) is 1.88. The monoisotopic (exact) mass is 301 g/mol. The molecule has 1 rings (SSSR count). The van der Waals surface area contributed by atoms with Crippen molar-refractivity contribution in [3.63, 3.8) is 0 Å². The highest BCUT2D eigenvalue weighted by Crippen LogP contribution is 2.11. The number of hydrogen-bond acceptors (Lipinski definition) is 3. The van der Waals surface area contributed by atoms with Gasteiger partial charge in [-0.3, -0.25) is 14.4 Å². The van der Waals surface area contributed by atoms with Gasteiger partial charge in [0.05, 0.1) is 0 Å². The largest absolute Gasteiger partial charge is 0.368 e. The molecule has 0 spiro atoms. The number of amides is 3. The van der Waals surface area contributed by atoms with E-state index in [1.807, 2.05) is 0 Å². The Morgan fingerprint density at radius 2 is 2.09 bits per heavy atom. The van der Waals surface area contributed by atoms with Gasteiger partial charge < -0.3 is 16.4 Å². The van der Waals surface area contributed by atoms with Crippen molar-refractivity contribution < 1.29 is 14.4 Å². The molecule has 0 saturated heterocycles. The molecule has 0 aromatic heterocycles. The smallest absolute Gasteiger partial charge is 0.252 e. The van der Waals surface area contributed by atoms with Crippen LogP contribution in [0.15, 0.2) is 24.3 Å². The van der Waals surface area contributed by atoms with Crippen LogP contribution in [0.2, 0.25) is 0 Å². The molecule has 0 saturated carbocycles. The second kappa shape index (κ2) is 8.47. The number of hydrogen-bond donors (Lipinski definition) is 3. The van der Waals surface area contributed by atoms with Gasteiger partial charge in [0.15, 0.2) is 0 Å². The third-order valence-corrected chi connectivity index (χ3v) is 2.91. The SMILES string of the molecule is C#CCCC[C@H](NC(=O)c1cccc(NC(C)=O)c1)C(N)=O. The Labute approximate surface area is 129 Å². The first-order chi connectivity index (χ1) is 10.4. The van der Waals surface area contributed by atoms with Gasteiger partial charge in [0.25, 0.3) is 5.91 Å². The van der Waals surface area contributed by atoms with Crippen LogP contribution in [0.3, 0.4) is 0 Å². The number of primary amides is 1. The molecular weight excluding hydrogens is 282 g/mol. The molecule has 6 nitrogen and oxygen atoms in total. The van der Waals surface area contributed by atoms with Gasteiger partial charge in [-0.1, -0.05) is 6.07 Å². The molecule has 3 amide bonds. The summed E-state index contributed by atoms with van der Waals surface area (Å²) in [6, 6.07) is 5.63. The molecule has 116 valence electrons. The van der Waals surface area contributed by atoms with Crippen molar-refractivity contribution in [1.82, 2.24) is 5.32 Å². The molecule has 0 bridgehead atoms. The molecule has 0 fully saturated rings. The Balaban J connectivity index is 2.75. The van der Waals surface area contributed by atoms with E-state index in [0.29, 0.717) is 30.5 Å². The summed E-state index contributed by atoms with van der Waals surface area (Å²) in [6.07, 6.45) is 6.64. The van der Waals surface area contributed by atoms with Crippen molar-refractivity contribution in [3.05, 3.63) is 29.8 Å². The first-order valence-corrected chi connectivity index (χ1v) is 6.85. The van der Waals surface area contributed by atoms with E-state index in [-0.39, 0.29) is 5.91 Å². The maximum absolute atomic E-state index is 12.2. The molecule has 4 N–H and O–H groups in total. The maximum Gasteiger partial charge on any atom is 0.252 e. The Morgan fingerprint density at radius 3 is 2.68 bits per heavy atom. The molecule has 0 aliphatic heterocycles. The van der Waals surface area contributed by atoms with Gasteiger partial charge in [0.1, 0.15) is 6.04 Å². The molecule has 0 radical (unpaired) electrons. The number of terminal acetylenes is 1. The number of anilines is 1. The molecule has 0 aliphatic carbocycles. The van der Waals surface area contributed by atoms with Crippen LogP contribution >= 0.6 is 0 Å². The van der Waals surface area contributed by atoms with Crippen molar-refractivity contribution in [1.29, 1.82) is 0 Å². The summed E-state index contributed by atoms with van der Waals surface area (Å²) >= 11 is 0. The first kappa shape index (κ1) is 17.2. The number of rotatable bonds is 7. The molecule has 22 heavy (non-hydrogen) atoms. The molecular formula is C16H19N3O3. The summed E-state index contributed by atoms with van der Waals surface area (Å²) in [4.78, 5) is 34.5. The highest BCUT2D eigenvalue weighted by Gasteiger charge is 2.18. The van der Waals surface area contributed by atoms with Gasteiger partial charge in [-0.25, -0.2) is 0 Å². The quantitative estimate of drug-likeness (QED) is 0.518. The average Bonchev–Trinajstić information content (AvgIpc) is 2.45. The minimum absolute atomic E-state index is 0.234. The van der Waals surface area contributed by atoms with Crippen LogP contribution in [0.5, 0.6) is 0 Å². The van der Waals surface area contributed by atoms with Crippen LogP contribution in [-0.4, -0.2) is 23.8 Å². The Morgan fingerprint density at radius 1 is 1.36 bits per heavy atom. The van der Waals surface area contributed by atoms with Crippen LogP contribution in [0, 0.1) is 12.3 Å². The second-order valence-corrected chi connectivity index (χ2v) is 4.79. The minimum Gasteiger partial charge on any atom is -0.368 e. The van der Waals surface area contributed by atoms with Gasteiger partial charge in [0.2, 0.25) is 11.8 Å². The van der Waals surface area contributed by atoms with Gasteiger partial charge >= 0.3 is 0 Å². The lowest BCUT2D eigenvalue weighted by molar-refractivity contribution is -0.120. The first-order valence-electron chi connectivity index (χ1n) is 6.85. The van der Waals surface area contributed by atoms with Crippen molar-refractivity contribution in [2.75, 3.05) is 5.32 Å². The summed E-state index contributed by atoms with van der Waals surface area (Å²) in [7, 11) is 0. The van der Waals surface area contributed by atoms with Crippen molar-refractivity contribution in [2.24, 2.45) is 5.73 Å². The maximum atomic E-state index is 12.2. The van der Waals surface area contributed by atoms with E-state index in [4.69, 9.17) is 12.2 Å². The standard InChI is InChI=1S/C16H19N3O3/c1-3-4-5-9-14(15(17)21)19-16(22)12-7-6-8-13(10-12)18-11(2)20/h1,6-8,10,14H,4-5,9H2,2H3,(H2,17,21)(H,18,20)(H,19,22)/t14-/m0/s1. The molecule has 0 heterocycles. The molecule has 6 heteroatoms. The lowest BCUT2D eigenvalue weighted by Gasteiger charge is -2.15. The summed E-state index contributed by atoms with van der Waals surface area (Å²) < 4.78 is 0. The number of nitrogens with one attached hydrogen (secondary N) is 2. The zero-order valence-electron chi connectivity index (χ0n) is 12.4. The second-order valence-electron chi connectivity index (χ2n) is 4.79. The van der Waals surface area contributed by atoms with E-state index >= 15 is 0 Å². The van der Waals surface area contributed by atoms with Crippen molar-refractivity contribution in [2.45, 2.75) is 32.2 Å². The van der Waals surface area contributed by atoms with Crippen molar-refractivity contribution in [3.8, 4) is 12.3 Å². The van der Waals surface area contributed by atoms with Gasteiger partial charge in [0, 0.05) is 24.6 Å². The van der Waals surface area contributed by atoms with E-state index in [2.05, 4.69) is 16.6 Å². The number of benzene rings is 1. The minimum atomic E-state index is -0.773. The van der Waals surface area contributed by atoms with Crippen molar-refractivity contribution >= 4 is 23.4 Å². The highest BCUT2D eigenvalue weighted by atomic mass is 16.2. The Kier molecular flexibility index (Phi) is 6.64. The fraction of sp³-hybridized carbons (Fsp3) is 0.312. The molecule has 1 aromatic carbocycles. The zero-order chi connectivity index (χ0) is 16.5. The molecule has 1 atom stereocenters. The molecule has 1 aromatic rings. The third-order valence-electron chi connectivity index (χ3n) is 2.91. The zero-order valence-corrected chi connectivity index (χ0v) is 12.4. The van der Waals surface area contributed by atoms with E-state index in [1.165, 1.54) is 13.0 Å². The summed E-state index contributed by atoms with van der Waals surface area (Å²) in [5.41, 5.74) is 6.11. The van der Waals surface area contributed by atoms with Crippen LogP contribution in [-0.2, 0) is 9.59 Å². The normalized spacial score (nSPS) is 11.1. The Bertz CT molecular complexity index is 605. The highest BCUT2D eigenvalue weighted by molar-refractivity contribution is 5.99. The van der Waals surface area contributed by atoms with Gasteiger partial charge in [-0.15, -0.1) is 12.3 Å². The average molecular weight is 301 g/mol. The lowest BCUT2D eigenvalue weighted by Crippen LogP contribution is -2.44. The van der Waals surface area contributed by atoms with Gasteiger partial charge in [-0.05, 0) is 31.0 Å². The fourth-order valence-corrected chi connectivity index (χ4v) is 1.88. The Hall–Kier alpha value is -2.81. The number of carbonyl (C=O) groups is 3. The van der Waals surface area contributed by atoms with Crippen LogP contribution < -0.4 is 16.4 Å². The summed E-state index contributed by atoms with van der Waals surface area (Å²) in [5.74, 6) is 1.19. The summed E-state index contributed by atoms with van der Waals surface area (Å²) in [6.45, 7) is 1.38. The van der Waals surface area contributed by atoms with E-state index in [9.17, 15) is 14.4 Å². The molecule has 0 unspecified atom stereocenters. The van der Waals surface area contributed by atoms with E-state index < -0.39 is 17.9 Å². The van der Waals surface area contributed by atoms with Crippen LogP contribution in [0.25, 0.3) is 0 Å². The summed E-state index contributed by atoms with van der Waals surface area (Å²) in [5, 5.41) is 5.16. The third kappa shape index (κ3) is 5.67. The van der Waals surface area contributed by atoms with Gasteiger partial charge in [-0.2, -0.15) is 0 Å². The predicted octanol–water partition coefficient (Wildman–Crippen LogP) is 1.03.